The summed E-state index contributed by atoms with van der Waals surface area (Å²) in [6, 6.07) is 0. The number of aryl methyl sites for hydroxylation is 1. The zero-order valence-corrected chi connectivity index (χ0v) is 33.5. The van der Waals surface area contributed by atoms with Crippen LogP contribution in [0.4, 0.5) is 11.9 Å². The van der Waals surface area contributed by atoms with Crippen molar-refractivity contribution in [2.45, 2.75) is 49.1 Å². The Morgan fingerprint density at radius 1 is 0.864 bits per heavy atom. The summed E-state index contributed by atoms with van der Waals surface area (Å²) in [6.07, 6.45) is -11.5. The first-order valence-corrected chi connectivity index (χ1v) is 21.3. The molecule has 4 aromatic rings. The van der Waals surface area contributed by atoms with Gasteiger partial charge in [0.2, 0.25) is 17.7 Å². The van der Waals surface area contributed by atoms with E-state index in [1.807, 2.05) is 0 Å². The van der Waals surface area contributed by atoms with Gasteiger partial charge in [-0.2, -0.15) is 9.29 Å². The number of H-pyrrole nitrogens is 2. The lowest BCUT2D eigenvalue weighted by Crippen LogP contribution is -2.46. The number of nitrogens with zero attached hydrogens (tertiary/aromatic N) is 6. The van der Waals surface area contributed by atoms with Crippen LogP contribution in [0.2, 0.25) is 0 Å². The molecule has 2 fully saturated rings. The molecule has 6 heterocycles. The normalized spacial score (nSPS) is 28.4. The van der Waals surface area contributed by atoms with Crippen LogP contribution in [-0.2, 0) is 52.5 Å². The second-order valence-corrected chi connectivity index (χ2v) is 18.5. The lowest BCUT2D eigenvalue weighted by Gasteiger charge is -2.27. The van der Waals surface area contributed by atoms with Crippen molar-refractivity contribution in [1.29, 1.82) is 0 Å². The van der Waals surface area contributed by atoms with Crippen LogP contribution in [0.25, 0.3) is 22.3 Å². The zero-order chi connectivity index (χ0) is 41.3. The lowest BCUT2D eigenvalue weighted by molar-refractivity contribution is -0.745. The van der Waals surface area contributed by atoms with Crippen LogP contribution < -0.4 is 55.4 Å². The third-order valence-electron chi connectivity index (χ3n) is 7.94. The van der Waals surface area contributed by atoms with Crippen molar-refractivity contribution in [3.05, 3.63) is 33.4 Å². The monoisotopic (exact) mass is 932 g/mol. The fourth-order valence-electron chi connectivity index (χ4n) is 5.63. The van der Waals surface area contributed by atoms with Crippen LogP contribution in [0.5, 0.6) is 0 Å². The number of phosphoric ester groups is 1. The maximum absolute atomic E-state index is 12.5. The van der Waals surface area contributed by atoms with Gasteiger partial charge in [0.25, 0.3) is 24.9 Å². The number of hydrogen-bond acceptors (Lipinski definition) is 25. The van der Waals surface area contributed by atoms with E-state index in [1.54, 1.807) is 0 Å². The Morgan fingerprint density at radius 3 is 2.10 bits per heavy atom. The number of phosphoric acid groups is 2. The number of hydrogen-bond donors (Lipinski definition) is 15. The second kappa shape index (κ2) is 17.8. The Hall–Kier alpha value is -3.50. The van der Waals surface area contributed by atoms with Gasteiger partial charge < -0.3 is 83.9 Å². The highest BCUT2D eigenvalue weighted by Crippen LogP contribution is 2.67. The van der Waals surface area contributed by atoms with Crippen molar-refractivity contribution < 1.29 is 90.0 Å². The van der Waals surface area contributed by atoms with Crippen LogP contribution in [0, 0.1) is 0 Å². The predicted octanol–water partition coefficient (Wildman–Crippen LogP) is -5.00. The minimum atomic E-state index is -6.25. The average molecular weight is 933 g/mol. The standard InChI is InChI=1S/C21H31N11O20P4.3H3N/c1-30-5-32(15-9(30)17(38)28-21(23)26-15)19-13(36)11(34)7(50-19)3-48-55(43,44)52-56(45,46)51-54(41,42)29-53(39,40)47-2-6-10(33)12(35)18(49-6)31-4-24-8-14(31)25-20(22)27-16(8)37;;;/h4-7,10-13,18-19,33-36H,2-3H2,1H3,(H10-,22,23,25,26,27,28,29,37,38,39,40,41,42,43,44,45,46);3*1H3/t6-,7-,10-,11-,12-,13-,18-,19-;;;/m1.../s1. The Morgan fingerprint density at radius 2 is 1.44 bits per heavy atom. The summed E-state index contributed by atoms with van der Waals surface area (Å²) in [7, 11) is -22.5. The molecule has 0 radical (unpaired) electrons. The summed E-state index contributed by atoms with van der Waals surface area (Å²) in [6.45, 7) is -2.34. The highest BCUT2D eigenvalue weighted by Gasteiger charge is 2.49. The molecule has 0 aromatic carbocycles. The number of nitrogen functional groups attached to an aromatic ring is 2. The summed E-state index contributed by atoms with van der Waals surface area (Å²) in [5.74, 6) is -0.647. The summed E-state index contributed by atoms with van der Waals surface area (Å²) in [5.41, 5.74) is 9.16. The molecule has 38 heteroatoms. The number of anilines is 2. The molecule has 34 nitrogen and oxygen atoms in total. The largest absolute Gasteiger partial charge is 0.756 e. The molecular formula is C21H40N14O20P4. The van der Waals surface area contributed by atoms with Crippen LogP contribution in [0.1, 0.15) is 12.5 Å². The molecule has 4 unspecified atom stereocenters. The van der Waals surface area contributed by atoms with Crippen molar-refractivity contribution in [3.63, 3.8) is 0 Å². The van der Waals surface area contributed by atoms with E-state index in [0.29, 0.717) is 0 Å². The van der Waals surface area contributed by atoms with Gasteiger partial charge in [0.1, 0.15) is 36.6 Å². The molecule has 23 N–H and O–H groups in total. The molecule has 2 saturated heterocycles. The molecule has 2 aliphatic heterocycles. The van der Waals surface area contributed by atoms with E-state index in [-0.39, 0.29) is 52.7 Å². The van der Waals surface area contributed by atoms with Crippen molar-refractivity contribution in [2.24, 2.45) is 7.05 Å². The van der Waals surface area contributed by atoms with Gasteiger partial charge in [0.15, 0.2) is 23.7 Å². The quantitative estimate of drug-likeness (QED) is 0.0416. The van der Waals surface area contributed by atoms with Gasteiger partial charge in [-0.3, -0.25) is 37.8 Å². The SMILES string of the molecule is Cn1c[n+]([C@@H]2O[C@H](COP(=O)([O-])OP(=O)(O)OP(=O)(O)NP(=O)(O)OC[C@H]3O[C@@H](n4cnc5c(=O)[nH]c(N)nc54)[C@H](O)[C@@H]3O)[C@@H](O)[C@H]2O)c2nc(N)[nH]c(=O)c21.N.N.N. The number of imidazole rings is 2. The van der Waals surface area contributed by atoms with E-state index in [9.17, 15) is 67.8 Å². The number of nitrogens with one attached hydrogen (secondary N) is 3. The molecule has 0 amide bonds. The zero-order valence-electron chi connectivity index (χ0n) is 29.9. The summed E-state index contributed by atoms with van der Waals surface area (Å²) >= 11 is 0. The minimum absolute atomic E-state index is 0. The van der Waals surface area contributed by atoms with E-state index in [0.717, 1.165) is 20.3 Å². The maximum Gasteiger partial charge on any atom is 0.486 e. The highest BCUT2D eigenvalue weighted by molar-refractivity contribution is 7.72. The number of aromatic nitrogens is 8. The first kappa shape index (κ1) is 49.9. The molecule has 6 rings (SSSR count). The van der Waals surface area contributed by atoms with Crippen molar-refractivity contribution in [1.82, 2.24) is 57.4 Å². The van der Waals surface area contributed by atoms with Gasteiger partial charge in [-0.15, -0.1) is 4.86 Å². The lowest BCUT2D eigenvalue weighted by atomic mass is 10.1. The Bertz CT molecular complexity index is 2480. The van der Waals surface area contributed by atoms with Gasteiger partial charge in [-0.05, 0) is 0 Å². The van der Waals surface area contributed by atoms with Crippen LogP contribution in [-0.4, -0.2) is 119 Å². The molecular weight excluding hydrogens is 892 g/mol. The molecule has 12 atom stereocenters. The molecule has 2 aliphatic rings. The fraction of sp³-hybridized carbons (Fsp3) is 0.524. The maximum atomic E-state index is 12.5. The molecule has 59 heavy (non-hydrogen) atoms. The Balaban J connectivity index is 0.00000310. The third-order valence-corrected chi connectivity index (χ3v) is 14.3. The van der Waals surface area contributed by atoms with Gasteiger partial charge in [-0.25, -0.2) is 27.6 Å². The van der Waals surface area contributed by atoms with Gasteiger partial charge in [0, 0.05) is 0 Å². The molecule has 0 bridgehead atoms. The first-order chi connectivity index (χ1) is 25.9. The predicted molar refractivity (Wildman–Crippen MR) is 190 cm³/mol. The van der Waals surface area contributed by atoms with Crippen molar-refractivity contribution >= 4 is 65.4 Å². The van der Waals surface area contributed by atoms with Gasteiger partial charge in [-0.1, -0.05) is 4.98 Å². The van der Waals surface area contributed by atoms with Crippen molar-refractivity contribution in [2.75, 3.05) is 24.7 Å². The van der Waals surface area contributed by atoms with E-state index in [2.05, 4.69) is 42.6 Å². The minimum Gasteiger partial charge on any atom is -0.756 e. The molecule has 4 aromatic heterocycles. The Labute approximate surface area is 326 Å². The highest BCUT2D eigenvalue weighted by atomic mass is 31.3. The van der Waals surface area contributed by atoms with E-state index < -0.39 is 105 Å². The van der Waals surface area contributed by atoms with Crippen LogP contribution in [0.3, 0.4) is 0 Å². The molecule has 0 saturated carbocycles. The number of aliphatic hydroxyl groups is 4. The summed E-state index contributed by atoms with van der Waals surface area (Å²) in [4.78, 5) is 83.8. The molecule has 0 aliphatic carbocycles. The van der Waals surface area contributed by atoms with Crippen LogP contribution in [0.15, 0.2) is 22.2 Å². The van der Waals surface area contributed by atoms with Crippen molar-refractivity contribution in [3.8, 4) is 0 Å². The second-order valence-electron chi connectivity index (χ2n) is 11.9. The number of rotatable bonds is 14. The first-order valence-electron chi connectivity index (χ1n) is 15.2. The number of aromatic amines is 2. The number of ether oxygens (including phenoxy) is 2. The average Bonchev–Trinajstić information content (AvgIpc) is 3.77. The summed E-state index contributed by atoms with van der Waals surface area (Å²) < 4.78 is 80.8. The number of aliphatic hydroxyl groups excluding tert-OH is 4. The molecule has 0 spiro atoms. The van der Waals surface area contributed by atoms with Gasteiger partial charge in [0.05, 0.1) is 26.6 Å². The fourth-order valence-corrected chi connectivity index (χ4v) is 11.0. The molecule has 334 valence electrons. The summed E-state index contributed by atoms with van der Waals surface area (Å²) in [5, 5.41) is 42.0. The van der Waals surface area contributed by atoms with E-state index >= 15 is 0 Å². The van der Waals surface area contributed by atoms with E-state index in [4.69, 9.17) is 20.9 Å². The third kappa shape index (κ3) is 10.5. The topological polar surface area (TPSA) is 576 Å². The Kier molecular flexibility index (Phi) is 15.1. The number of fused-ring (bicyclic) bond motifs is 2. The van der Waals surface area contributed by atoms with Gasteiger partial charge >= 0.3 is 29.0 Å². The van der Waals surface area contributed by atoms with Crippen LogP contribution >= 0.6 is 31.1 Å². The smallest absolute Gasteiger partial charge is 0.486 e. The number of nitrogens with two attached hydrogens (primary N) is 2. The van der Waals surface area contributed by atoms with E-state index in [1.165, 1.54) is 17.9 Å².